The van der Waals surface area contributed by atoms with Crippen molar-refractivity contribution < 1.29 is 4.39 Å². The Hall–Kier alpha value is -1.61. The van der Waals surface area contributed by atoms with Crippen LogP contribution < -0.4 is 5.73 Å². The largest absolute Gasteiger partial charge is 0.383 e. The van der Waals surface area contributed by atoms with Crippen molar-refractivity contribution >= 4 is 17.4 Å². The molecule has 1 heterocycles. The van der Waals surface area contributed by atoms with Gasteiger partial charge >= 0.3 is 0 Å². The third kappa shape index (κ3) is 2.94. The lowest BCUT2D eigenvalue weighted by atomic mass is 10.1. The predicted molar refractivity (Wildman–Crippen MR) is 67.5 cm³/mol. The molecule has 88 valence electrons. The fourth-order valence-electron chi connectivity index (χ4n) is 1.66. The maximum absolute atomic E-state index is 12.9. The maximum Gasteiger partial charge on any atom is 0.126 e. The molecule has 0 unspecified atom stereocenters. The van der Waals surface area contributed by atoms with Crippen LogP contribution in [0.5, 0.6) is 0 Å². The van der Waals surface area contributed by atoms with Crippen LogP contribution in [0.15, 0.2) is 36.5 Å². The summed E-state index contributed by atoms with van der Waals surface area (Å²) in [5, 5.41) is 0.451. The van der Waals surface area contributed by atoms with Gasteiger partial charge in [-0.2, -0.15) is 0 Å². The molecule has 0 aliphatic carbocycles. The van der Waals surface area contributed by atoms with E-state index >= 15 is 0 Å². The van der Waals surface area contributed by atoms with Gasteiger partial charge in [0.15, 0.2) is 0 Å². The van der Waals surface area contributed by atoms with Gasteiger partial charge in [0.05, 0.1) is 0 Å². The number of nitrogen functional groups attached to an aromatic ring is 1. The molecule has 17 heavy (non-hydrogen) atoms. The number of hydrogen-bond acceptors (Lipinski definition) is 2. The molecular weight excluding hydrogens is 239 g/mol. The molecule has 2 N–H and O–H groups in total. The Labute approximate surface area is 104 Å². The zero-order chi connectivity index (χ0) is 12.3. The average molecular weight is 251 g/mol. The molecule has 0 aliphatic heterocycles. The van der Waals surface area contributed by atoms with Crippen molar-refractivity contribution in [1.82, 2.24) is 4.98 Å². The van der Waals surface area contributed by atoms with Gasteiger partial charge in [-0.25, -0.2) is 9.37 Å². The molecule has 0 aliphatic rings. The summed E-state index contributed by atoms with van der Waals surface area (Å²) in [5.74, 6) is 0.213. The molecule has 1 aromatic heterocycles. The van der Waals surface area contributed by atoms with Gasteiger partial charge in [0, 0.05) is 11.2 Å². The molecule has 0 saturated heterocycles. The van der Waals surface area contributed by atoms with Crippen LogP contribution >= 0.6 is 11.6 Å². The summed E-state index contributed by atoms with van der Waals surface area (Å²) in [6, 6.07) is 8.21. The first-order valence-electron chi connectivity index (χ1n) is 5.30. The number of aryl methyl sites for hydroxylation is 2. The summed E-state index contributed by atoms with van der Waals surface area (Å²) in [4.78, 5) is 4.01. The molecule has 1 aromatic carbocycles. The zero-order valence-electron chi connectivity index (χ0n) is 9.16. The zero-order valence-corrected chi connectivity index (χ0v) is 9.91. The predicted octanol–water partition coefficient (Wildman–Crippen LogP) is 3.24. The Kier molecular flexibility index (Phi) is 3.59. The second kappa shape index (κ2) is 5.15. The lowest BCUT2D eigenvalue weighted by Gasteiger charge is -2.06. The van der Waals surface area contributed by atoms with Crippen LogP contribution in [0.1, 0.15) is 11.1 Å². The van der Waals surface area contributed by atoms with Gasteiger partial charge in [-0.05, 0) is 42.2 Å². The number of anilines is 1. The fraction of sp³-hybridized carbons (Fsp3) is 0.154. The van der Waals surface area contributed by atoms with E-state index < -0.39 is 0 Å². The smallest absolute Gasteiger partial charge is 0.126 e. The first-order valence-corrected chi connectivity index (χ1v) is 5.68. The van der Waals surface area contributed by atoms with Crippen LogP contribution in [0.2, 0.25) is 5.02 Å². The molecule has 0 radical (unpaired) electrons. The third-order valence-corrected chi connectivity index (χ3v) is 2.96. The van der Waals surface area contributed by atoms with Gasteiger partial charge in [0.2, 0.25) is 0 Å². The Balaban J connectivity index is 2.10. The van der Waals surface area contributed by atoms with E-state index in [-0.39, 0.29) is 5.82 Å². The second-order valence-electron chi connectivity index (χ2n) is 3.78. The minimum absolute atomic E-state index is 0.320. The van der Waals surface area contributed by atoms with Crippen molar-refractivity contribution in [2.45, 2.75) is 12.8 Å². The topological polar surface area (TPSA) is 38.9 Å². The van der Waals surface area contributed by atoms with Crippen LogP contribution in [0.25, 0.3) is 0 Å². The summed E-state index contributed by atoms with van der Waals surface area (Å²) in [6.07, 6.45) is 3.11. The summed E-state index contributed by atoms with van der Waals surface area (Å²) in [6.45, 7) is 0. The molecule has 0 saturated carbocycles. The van der Waals surface area contributed by atoms with E-state index in [1.54, 1.807) is 12.3 Å². The third-order valence-electron chi connectivity index (χ3n) is 2.60. The number of pyridine rings is 1. The molecule has 0 fully saturated rings. The molecule has 2 rings (SSSR count). The first kappa shape index (κ1) is 11.9. The summed E-state index contributed by atoms with van der Waals surface area (Å²) in [7, 11) is 0. The summed E-state index contributed by atoms with van der Waals surface area (Å²) < 4.78 is 12.9. The molecular formula is C13H12ClFN2. The number of nitrogens with two attached hydrogens (primary N) is 1. The fourth-order valence-corrected chi connectivity index (χ4v) is 1.92. The SMILES string of the molecule is Nc1ncccc1CCc1ccc(F)cc1Cl. The van der Waals surface area contributed by atoms with Crippen molar-refractivity contribution in [2.24, 2.45) is 0 Å². The van der Waals surface area contributed by atoms with Crippen LogP contribution in [-0.4, -0.2) is 4.98 Å². The molecule has 0 bridgehead atoms. The number of aromatic nitrogens is 1. The monoisotopic (exact) mass is 250 g/mol. The number of halogens is 2. The molecule has 0 atom stereocenters. The van der Waals surface area contributed by atoms with E-state index in [0.29, 0.717) is 10.8 Å². The van der Waals surface area contributed by atoms with Gasteiger partial charge in [-0.15, -0.1) is 0 Å². The van der Waals surface area contributed by atoms with Crippen LogP contribution in [0, 0.1) is 5.82 Å². The minimum Gasteiger partial charge on any atom is -0.383 e. The number of benzene rings is 1. The molecule has 0 amide bonds. The highest BCUT2D eigenvalue weighted by atomic mass is 35.5. The summed E-state index contributed by atoms with van der Waals surface area (Å²) >= 11 is 5.95. The molecule has 2 aromatic rings. The normalized spacial score (nSPS) is 10.5. The van der Waals surface area contributed by atoms with E-state index in [9.17, 15) is 4.39 Å². The lowest BCUT2D eigenvalue weighted by Crippen LogP contribution is -1.99. The number of nitrogens with zero attached hydrogens (tertiary/aromatic N) is 1. The van der Waals surface area contributed by atoms with Gasteiger partial charge in [-0.1, -0.05) is 23.7 Å². The standard InChI is InChI=1S/C13H12ClFN2/c14-12-8-11(15)6-5-9(12)3-4-10-2-1-7-17-13(10)16/h1-2,5-8H,3-4H2,(H2,16,17). The van der Waals surface area contributed by atoms with Gasteiger partial charge in [-0.3, -0.25) is 0 Å². The van der Waals surface area contributed by atoms with Crippen LogP contribution in [0.4, 0.5) is 10.2 Å². The molecule has 4 heteroatoms. The van der Waals surface area contributed by atoms with Crippen molar-refractivity contribution in [2.75, 3.05) is 5.73 Å². The quantitative estimate of drug-likeness (QED) is 0.908. The van der Waals surface area contributed by atoms with Crippen molar-refractivity contribution in [1.29, 1.82) is 0 Å². The molecule has 2 nitrogen and oxygen atoms in total. The summed E-state index contributed by atoms with van der Waals surface area (Å²) in [5.41, 5.74) is 7.64. The molecule has 0 spiro atoms. The van der Waals surface area contributed by atoms with Gasteiger partial charge in [0.25, 0.3) is 0 Å². The van der Waals surface area contributed by atoms with E-state index in [4.69, 9.17) is 17.3 Å². The second-order valence-corrected chi connectivity index (χ2v) is 4.19. The van der Waals surface area contributed by atoms with E-state index in [1.165, 1.54) is 12.1 Å². The number of rotatable bonds is 3. The first-order chi connectivity index (χ1) is 8.16. The lowest BCUT2D eigenvalue weighted by molar-refractivity contribution is 0.627. The van der Waals surface area contributed by atoms with E-state index in [0.717, 1.165) is 24.0 Å². The van der Waals surface area contributed by atoms with E-state index in [2.05, 4.69) is 4.98 Å². The highest BCUT2D eigenvalue weighted by Gasteiger charge is 2.04. The van der Waals surface area contributed by atoms with Crippen molar-refractivity contribution in [3.63, 3.8) is 0 Å². The van der Waals surface area contributed by atoms with Crippen molar-refractivity contribution in [3.8, 4) is 0 Å². The highest BCUT2D eigenvalue weighted by molar-refractivity contribution is 6.31. The Morgan fingerprint density at radius 1 is 1.18 bits per heavy atom. The van der Waals surface area contributed by atoms with Crippen LogP contribution in [0.3, 0.4) is 0 Å². The average Bonchev–Trinajstić information content (AvgIpc) is 2.30. The number of hydrogen-bond donors (Lipinski definition) is 1. The van der Waals surface area contributed by atoms with Crippen molar-refractivity contribution in [3.05, 3.63) is 58.5 Å². The minimum atomic E-state index is -0.320. The van der Waals surface area contributed by atoms with Crippen LogP contribution in [-0.2, 0) is 12.8 Å². The Bertz CT molecular complexity index is 529. The van der Waals surface area contributed by atoms with E-state index in [1.807, 2.05) is 12.1 Å². The Morgan fingerprint density at radius 3 is 2.65 bits per heavy atom. The maximum atomic E-state index is 12.9. The Morgan fingerprint density at radius 2 is 1.94 bits per heavy atom. The van der Waals surface area contributed by atoms with Gasteiger partial charge in [0.1, 0.15) is 11.6 Å². The highest BCUT2D eigenvalue weighted by Crippen LogP contribution is 2.20. The van der Waals surface area contributed by atoms with Gasteiger partial charge < -0.3 is 5.73 Å².